The first-order chi connectivity index (χ1) is 14.0. The first-order valence-electron chi connectivity index (χ1n) is 8.27. The molecule has 2 heterocycles. The number of methoxy groups -OCH3 is 3. The molecular formula is C19H17N3O5S2. The van der Waals surface area contributed by atoms with Crippen LogP contribution in [0.5, 0.6) is 17.2 Å². The van der Waals surface area contributed by atoms with Gasteiger partial charge in [0.25, 0.3) is 11.8 Å². The predicted octanol–water partition coefficient (Wildman–Crippen LogP) is 2.65. The molecule has 2 aromatic rings. The maximum absolute atomic E-state index is 12.8. The van der Waals surface area contributed by atoms with E-state index in [1.165, 1.54) is 27.5 Å². The van der Waals surface area contributed by atoms with Gasteiger partial charge in [0, 0.05) is 12.4 Å². The zero-order valence-corrected chi connectivity index (χ0v) is 17.4. The van der Waals surface area contributed by atoms with Crippen LogP contribution in [-0.2, 0) is 4.79 Å². The second-order valence-corrected chi connectivity index (χ2v) is 7.33. The standard InChI is InChI=1S/C19H17N3O5S2/c1-25-13-7-11(8-14(26-2)16(13)27-3)9-15-18(24)22(19(28)29-15)21-17(23)12-5-4-6-20-10-12/h4-10H,1-3H3,(H,21,23). The number of thioether (sulfide) groups is 1. The summed E-state index contributed by atoms with van der Waals surface area (Å²) in [5.41, 5.74) is 3.47. The highest BCUT2D eigenvalue weighted by molar-refractivity contribution is 8.26. The Morgan fingerprint density at radius 1 is 1.21 bits per heavy atom. The molecule has 0 bridgehead atoms. The van der Waals surface area contributed by atoms with Crippen LogP contribution < -0.4 is 19.6 Å². The van der Waals surface area contributed by atoms with Gasteiger partial charge in [-0.05, 0) is 48.1 Å². The Balaban J connectivity index is 1.85. The Kier molecular flexibility index (Phi) is 6.35. The van der Waals surface area contributed by atoms with Gasteiger partial charge in [-0.3, -0.25) is 20.0 Å². The fourth-order valence-electron chi connectivity index (χ4n) is 2.56. The van der Waals surface area contributed by atoms with E-state index in [9.17, 15) is 9.59 Å². The Morgan fingerprint density at radius 3 is 2.45 bits per heavy atom. The summed E-state index contributed by atoms with van der Waals surface area (Å²) in [6.45, 7) is 0. The van der Waals surface area contributed by atoms with E-state index in [-0.39, 0.29) is 4.32 Å². The van der Waals surface area contributed by atoms with E-state index in [1.807, 2.05) is 0 Å². The first-order valence-corrected chi connectivity index (χ1v) is 9.50. The highest BCUT2D eigenvalue weighted by Crippen LogP contribution is 2.40. The fraction of sp³-hybridized carbons (Fsp3) is 0.158. The van der Waals surface area contributed by atoms with Gasteiger partial charge >= 0.3 is 0 Å². The molecule has 1 aliphatic heterocycles. The molecule has 1 N–H and O–H groups in total. The average Bonchev–Trinajstić information content (AvgIpc) is 3.00. The lowest BCUT2D eigenvalue weighted by atomic mass is 10.1. The number of pyridine rings is 1. The van der Waals surface area contributed by atoms with Crippen molar-refractivity contribution in [1.29, 1.82) is 0 Å². The topological polar surface area (TPSA) is 90.0 Å². The number of thiocarbonyl (C=S) groups is 1. The van der Waals surface area contributed by atoms with Crippen molar-refractivity contribution >= 4 is 46.2 Å². The van der Waals surface area contributed by atoms with Crippen molar-refractivity contribution in [3.8, 4) is 17.2 Å². The van der Waals surface area contributed by atoms with Crippen molar-refractivity contribution in [2.24, 2.45) is 0 Å². The van der Waals surface area contributed by atoms with Crippen LogP contribution in [-0.4, -0.2) is 47.5 Å². The third-order valence-corrected chi connectivity index (χ3v) is 5.22. The van der Waals surface area contributed by atoms with E-state index >= 15 is 0 Å². The molecule has 10 heteroatoms. The molecule has 1 saturated heterocycles. The van der Waals surface area contributed by atoms with Gasteiger partial charge in [0.1, 0.15) is 0 Å². The summed E-state index contributed by atoms with van der Waals surface area (Å²) >= 11 is 6.32. The number of hydrogen-bond acceptors (Lipinski definition) is 8. The number of ether oxygens (including phenoxy) is 3. The zero-order chi connectivity index (χ0) is 21.0. The predicted molar refractivity (Wildman–Crippen MR) is 113 cm³/mol. The number of benzene rings is 1. The lowest BCUT2D eigenvalue weighted by Crippen LogP contribution is -2.44. The summed E-state index contributed by atoms with van der Waals surface area (Å²) in [7, 11) is 4.53. The lowest BCUT2D eigenvalue weighted by molar-refractivity contribution is -0.123. The summed E-state index contributed by atoms with van der Waals surface area (Å²) < 4.78 is 16.2. The molecule has 0 atom stereocenters. The molecule has 29 heavy (non-hydrogen) atoms. The molecule has 150 valence electrons. The number of nitrogens with one attached hydrogen (secondary N) is 1. The largest absolute Gasteiger partial charge is 0.493 e. The van der Waals surface area contributed by atoms with E-state index < -0.39 is 11.8 Å². The van der Waals surface area contributed by atoms with Crippen molar-refractivity contribution in [2.45, 2.75) is 0 Å². The maximum atomic E-state index is 12.8. The smallest absolute Gasteiger partial charge is 0.285 e. The van der Waals surface area contributed by atoms with E-state index in [0.717, 1.165) is 16.8 Å². The van der Waals surface area contributed by atoms with E-state index in [4.69, 9.17) is 26.4 Å². The number of aromatic nitrogens is 1. The number of hydrogen-bond donors (Lipinski definition) is 1. The van der Waals surface area contributed by atoms with Crippen molar-refractivity contribution in [3.63, 3.8) is 0 Å². The summed E-state index contributed by atoms with van der Waals surface area (Å²) in [6.07, 6.45) is 4.59. The van der Waals surface area contributed by atoms with Crippen LogP contribution >= 0.6 is 24.0 Å². The molecule has 1 aliphatic rings. The fourth-order valence-corrected chi connectivity index (χ4v) is 3.74. The van der Waals surface area contributed by atoms with Crippen molar-refractivity contribution in [3.05, 3.63) is 52.7 Å². The van der Waals surface area contributed by atoms with E-state index in [2.05, 4.69) is 10.4 Å². The minimum absolute atomic E-state index is 0.214. The molecule has 0 saturated carbocycles. The number of hydrazine groups is 1. The summed E-state index contributed by atoms with van der Waals surface area (Å²) in [5, 5.41) is 1.04. The van der Waals surface area contributed by atoms with Gasteiger partial charge in [-0.25, -0.2) is 0 Å². The SMILES string of the molecule is COc1cc(C=C2SC(=S)N(NC(=O)c3cccnc3)C2=O)cc(OC)c1OC. The number of carbonyl (C=O) groups is 2. The second-order valence-electron chi connectivity index (χ2n) is 5.66. The summed E-state index contributed by atoms with van der Waals surface area (Å²) in [5.74, 6) is 0.440. The van der Waals surface area contributed by atoms with Gasteiger partial charge in [0.15, 0.2) is 15.8 Å². The van der Waals surface area contributed by atoms with Crippen LogP contribution in [0.25, 0.3) is 6.08 Å². The lowest BCUT2D eigenvalue weighted by Gasteiger charge is -2.15. The molecule has 0 unspecified atom stereocenters. The van der Waals surface area contributed by atoms with E-state index in [1.54, 1.807) is 36.5 Å². The van der Waals surface area contributed by atoms with Gasteiger partial charge in [-0.2, -0.15) is 5.01 Å². The molecule has 3 rings (SSSR count). The van der Waals surface area contributed by atoms with Gasteiger partial charge in [0.2, 0.25) is 5.75 Å². The zero-order valence-electron chi connectivity index (χ0n) is 15.8. The first kappa shape index (κ1) is 20.6. The van der Waals surface area contributed by atoms with Crippen molar-refractivity contribution in [1.82, 2.24) is 15.4 Å². The second kappa shape index (κ2) is 8.93. The third-order valence-electron chi connectivity index (χ3n) is 3.92. The Morgan fingerprint density at radius 2 is 1.90 bits per heavy atom. The average molecular weight is 431 g/mol. The van der Waals surface area contributed by atoms with Crippen molar-refractivity contribution in [2.75, 3.05) is 21.3 Å². The van der Waals surface area contributed by atoms with Crippen LogP contribution in [0.4, 0.5) is 0 Å². The number of amides is 2. The molecule has 2 amide bonds. The van der Waals surface area contributed by atoms with E-state index in [0.29, 0.717) is 33.3 Å². The highest BCUT2D eigenvalue weighted by Gasteiger charge is 2.34. The van der Waals surface area contributed by atoms with Gasteiger partial charge in [-0.1, -0.05) is 11.8 Å². The Bertz CT molecular complexity index is 970. The summed E-state index contributed by atoms with van der Waals surface area (Å²) in [4.78, 5) is 29.3. The highest BCUT2D eigenvalue weighted by atomic mass is 32.2. The number of carbonyl (C=O) groups excluding carboxylic acids is 2. The van der Waals surface area contributed by atoms with Crippen LogP contribution in [0.2, 0.25) is 0 Å². The normalized spacial score (nSPS) is 14.9. The minimum atomic E-state index is -0.483. The molecule has 0 radical (unpaired) electrons. The van der Waals surface area contributed by atoms with Crippen LogP contribution in [0.1, 0.15) is 15.9 Å². The minimum Gasteiger partial charge on any atom is -0.493 e. The monoisotopic (exact) mass is 431 g/mol. The molecule has 8 nitrogen and oxygen atoms in total. The summed E-state index contributed by atoms with van der Waals surface area (Å²) in [6, 6.07) is 6.64. The number of rotatable bonds is 6. The molecule has 0 spiro atoms. The Labute approximate surface area is 176 Å². The Hall–Kier alpha value is -3.11. The van der Waals surface area contributed by atoms with Gasteiger partial charge in [0.05, 0.1) is 31.8 Å². The quantitative estimate of drug-likeness (QED) is 0.552. The van der Waals surface area contributed by atoms with Gasteiger partial charge < -0.3 is 14.2 Å². The van der Waals surface area contributed by atoms with Crippen molar-refractivity contribution < 1.29 is 23.8 Å². The van der Waals surface area contributed by atoms with Crippen LogP contribution in [0, 0.1) is 0 Å². The molecule has 1 aromatic carbocycles. The third kappa shape index (κ3) is 4.33. The molecule has 0 aliphatic carbocycles. The van der Waals surface area contributed by atoms with Crippen LogP contribution in [0.3, 0.4) is 0 Å². The molecule has 1 fully saturated rings. The van der Waals surface area contributed by atoms with Gasteiger partial charge in [-0.15, -0.1) is 0 Å². The molecular weight excluding hydrogens is 414 g/mol. The molecule has 1 aromatic heterocycles. The number of nitrogens with zero attached hydrogens (tertiary/aromatic N) is 2. The van der Waals surface area contributed by atoms with Crippen LogP contribution in [0.15, 0.2) is 41.6 Å². The maximum Gasteiger partial charge on any atom is 0.285 e.